The van der Waals surface area contributed by atoms with Crippen molar-refractivity contribution in [2.24, 2.45) is 0 Å². The summed E-state index contributed by atoms with van der Waals surface area (Å²) in [6.45, 7) is 0.210. The van der Waals surface area contributed by atoms with Gasteiger partial charge in [0.2, 0.25) is 5.91 Å². The van der Waals surface area contributed by atoms with E-state index in [1.165, 1.54) is 16.8 Å². The molecule has 0 bridgehead atoms. The Morgan fingerprint density at radius 1 is 1.10 bits per heavy atom. The number of alkyl halides is 3. The molecule has 0 aliphatic carbocycles. The highest BCUT2D eigenvalue weighted by Gasteiger charge is 2.29. The summed E-state index contributed by atoms with van der Waals surface area (Å²) >= 11 is 5.81. The number of halogens is 4. The monoisotopic (exact) mass is 424 g/mol. The molecule has 6 nitrogen and oxygen atoms in total. The third-order valence-corrected chi connectivity index (χ3v) is 4.11. The van der Waals surface area contributed by atoms with E-state index in [1.807, 2.05) is 0 Å². The first kappa shape index (κ1) is 20.7. The van der Waals surface area contributed by atoms with Gasteiger partial charge in [-0.25, -0.2) is 4.68 Å². The molecule has 1 N–H and O–H groups in total. The zero-order valence-corrected chi connectivity index (χ0v) is 15.7. The summed E-state index contributed by atoms with van der Waals surface area (Å²) in [5, 5.41) is 11.0. The minimum Gasteiger partial charge on any atom is -0.487 e. The number of hydrogen-bond acceptors (Lipinski definition) is 4. The molecule has 1 aromatic heterocycles. The van der Waals surface area contributed by atoms with Crippen molar-refractivity contribution in [3.8, 4) is 5.75 Å². The SMILES string of the molecule is O=C(Cn1cc(COc2ccc(Cl)cc2)nn1)NCc1ccc(C(F)(F)F)cc1. The van der Waals surface area contributed by atoms with Crippen molar-refractivity contribution in [1.29, 1.82) is 0 Å². The lowest BCUT2D eigenvalue weighted by atomic mass is 10.1. The number of aromatic nitrogens is 3. The first-order chi connectivity index (χ1) is 13.8. The molecule has 2 aromatic carbocycles. The smallest absolute Gasteiger partial charge is 0.416 e. The zero-order chi connectivity index (χ0) is 20.9. The highest BCUT2D eigenvalue weighted by molar-refractivity contribution is 6.30. The van der Waals surface area contributed by atoms with Gasteiger partial charge in [-0.2, -0.15) is 13.2 Å². The average molecular weight is 425 g/mol. The van der Waals surface area contributed by atoms with Gasteiger partial charge in [0.1, 0.15) is 24.6 Å². The molecule has 0 saturated carbocycles. The Balaban J connectivity index is 1.45. The molecule has 0 spiro atoms. The van der Waals surface area contributed by atoms with Crippen LogP contribution < -0.4 is 10.1 Å². The van der Waals surface area contributed by atoms with Crippen molar-refractivity contribution in [3.63, 3.8) is 0 Å². The van der Waals surface area contributed by atoms with Crippen LogP contribution in [0.25, 0.3) is 0 Å². The molecule has 0 aliphatic heterocycles. The molecule has 0 fully saturated rings. The predicted molar refractivity (Wildman–Crippen MR) is 99.1 cm³/mol. The fourth-order valence-electron chi connectivity index (χ4n) is 2.39. The Kier molecular flexibility index (Phi) is 6.38. The van der Waals surface area contributed by atoms with Crippen LogP contribution in [0, 0.1) is 0 Å². The van der Waals surface area contributed by atoms with E-state index < -0.39 is 11.7 Å². The summed E-state index contributed by atoms with van der Waals surface area (Å²) in [6, 6.07) is 11.5. The molecule has 10 heteroatoms. The number of ether oxygens (including phenoxy) is 1. The van der Waals surface area contributed by atoms with E-state index in [0.717, 1.165) is 12.1 Å². The Morgan fingerprint density at radius 3 is 2.45 bits per heavy atom. The number of benzene rings is 2. The number of hydrogen-bond donors (Lipinski definition) is 1. The number of carbonyl (C=O) groups excluding carboxylic acids is 1. The minimum atomic E-state index is -4.39. The van der Waals surface area contributed by atoms with Crippen LogP contribution in [0.3, 0.4) is 0 Å². The van der Waals surface area contributed by atoms with Gasteiger partial charge in [-0.15, -0.1) is 5.10 Å². The number of rotatable bonds is 7. The van der Waals surface area contributed by atoms with Crippen molar-refractivity contribution in [2.75, 3.05) is 0 Å². The number of nitrogens with zero attached hydrogens (tertiary/aromatic N) is 3. The van der Waals surface area contributed by atoms with Gasteiger partial charge in [0.25, 0.3) is 0 Å². The zero-order valence-electron chi connectivity index (χ0n) is 15.0. The maximum atomic E-state index is 12.5. The first-order valence-corrected chi connectivity index (χ1v) is 8.87. The second-order valence-corrected chi connectivity index (χ2v) is 6.56. The van der Waals surface area contributed by atoms with Gasteiger partial charge in [-0.1, -0.05) is 28.9 Å². The molecule has 3 aromatic rings. The van der Waals surface area contributed by atoms with Crippen LogP contribution in [0.2, 0.25) is 5.02 Å². The summed E-state index contributed by atoms with van der Waals surface area (Å²) in [4.78, 5) is 12.0. The van der Waals surface area contributed by atoms with Crippen molar-refractivity contribution >= 4 is 17.5 Å². The highest BCUT2D eigenvalue weighted by Crippen LogP contribution is 2.29. The van der Waals surface area contributed by atoms with Crippen LogP contribution in [-0.4, -0.2) is 20.9 Å². The van der Waals surface area contributed by atoms with Gasteiger partial charge in [0.15, 0.2) is 0 Å². The van der Waals surface area contributed by atoms with Crippen LogP contribution in [0.4, 0.5) is 13.2 Å². The van der Waals surface area contributed by atoms with Gasteiger partial charge in [-0.05, 0) is 42.0 Å². The highest BCUT2D eigenvalue weighted by atomic mass is 35.5. The summed E-state index contributed by atoms with van der Waals surface area (Å²) in [7, 11) is 0. The molecular formula is C19H16ClF3N4O2. The van der Waals surface area contributed by atoms with Crippen LogP contribution in [0.1, 0.15) is 16.8 Å². The summed E-state index contributed by atoms with van der Waals surface area (Å²) in [6.07, 6.45) is -2.81. The largest absolute Gasteiger partial charge is 0.487 e. The number of carbonyl (C=O) groups is 1. The molecule has 0 saturated heterocycles. The van der Waals surface area contributed by atoms with Crippen LogP contribution in [-0.2, 0) is 30.7 Å². The van der Waals surface area contributed by atoms with Crippen molar-refractivity contribution in [3.05, 3.63) is 76.6 Å². The van der Waals surface area contributed by atoms with Gasteiger partial charge in [0.05, 0.1) is 11.8 Å². The van der Waals surface area contributed by atoms with Gasteiger partial charge in [0, 0.05) is 11.6 Å². The second-order valence-electron chi connectivity index (χ2n) is 6.12. The minimum absolute atomic E-state index is 0.0748. The molecule has 29 heavy (non-hydrogen) atoms. The fraction of sp³-hybridized carbons (Fsp3) is 0.211. The molecular weight excluding hydrogens is 409 g/mol. The van der Waals surface area contributed by atoms with Crippen molar-refractivity contribution in [1.82, 2.24) is 20.3 Å². The van der Waals surface area contributed by atoms with Crippen LogP contribution in [0.5, 0.6) is 5.75 Å². The van der Waals surface area contributed by atoms with E-state index in [2.05, 4.69) is 15.6 Å². The second kappa shape index (κ2) is 8.95. The normalized spacial score (nSPS) is 11.3. The topological polar surface area (TPSA) is 69.0 Å². The van der Waals surface area contributed by atoms with E-state index in [-0.39, 0.29) is 25.6 Å². The first-order valence-electron chi connectivity index (χ1n) is 8.50. The molecule has 152 valence electrons. The van der Waals surface area contributed by atoms with Crippen LogP contribution in [0.15, 0.2) is 54.7 Å². The van der Waals surface area contributed by atoms with Crippen molar-refractivity contribution in [2.45, 2.75) is 25.9 Å². The third kappa shape index (κ3) is 6.21. The molecule has 1 heterocycles. The van der Waals surface area contributed by atoms with Crippen molar-refractivity contribution < 1.29 is 22.7 Å². The lowest BCUT2D eigenvalue weighted by Gasteiger charge is -2.08. The van der Waals surface area contributed by atoms with E-state index in [9.17, 15) is 18.0 Å². The maximum Gasteiger partial charge on any atom is 0.416 e. The number of nitrogens with one attached hydrogen (secondary N) is 1. The Bertz CT molecular complexity index is 957. The lowest BCUT2D eigenvalue weighted by molar-refractivity contribution is -0.137. The van der Waals surface area contributed by atoms with Gasteiger partial charge in [-0.3, -0.25) is 4.79 Å². The predicted octanol–water partition coefficient (Wildman–Crippen LogP) is 3.85. The molecule has 0 unspecified atom stereocenters. The third-order valence-electron chi connectivity index (χ3n) is 3.86. The Labute approximate surface area is 169 Å². The van der Waals surface area contributed by atoms with E-state index in [0.29, 0.717) is 22.0 Å². The van der Waals surface area contributed by atoms with E-state index in [1.54, 1.807) is 30.5 Å². The average Bonchev–Trinajstić information content (AvgIpc) is 3.13. The molecule has 1 amide bonds. The molecule has 0 radical (unpaired) electrons. The lowest BCUT2D eigenvalue weighted by Crippen LogP contribution is -2.27. The Hall–Kier alpha value is -3.07. The Morgan fingerprint density at radius 2 is 1.79 bits per heavy atom. The summed E-state index contributed by atoms with van der Waals surface area (Å²) < 4.78 is 44.5. The van der Waals surface area contributed by atoms with Gasteiger partial charge < -0.3 is 10.1 Å². The molecule has 0 atom stereocenters. The van der Waals surface area contributed by atoms with Gasteiger partial charge >= 0.3 is 6.18 Å². The summed E-state index contributed by atoms with van der Waals surface area (Å²) in [5.41, 5.74) is 0.362. The summed E-state index contributed by atoms with van der Waals surface area (Å²) in [5.74, 6) is 0.276. The fourth-order valence-corrected chi connectivity index (χ4v) is 2.51. The molecule has 0 aliphatic rings. The van der Waals surface area contributed by atoms with Crippen LogP contribution >= 0.6 is 11.6 Å². The quantitative estimate of drug-likeness (QED) is 0.625. The number of amides is 1. The standard InChI is InChI=1S/C19H16ClF3N4O2/c20-15-5-7-17(8-6-15)29-12-16-10-27(26-25-16)11-18(28)24-9-13-1-3-14(4-2-13)19(21,22)23/h1-8,10H,9,11-12H2,(H,24,28). The van der Waals surface area contributed by atoms with E-state index >= 15 is 0 Å². The van der Waals surface area contributed by atoms with E-state index in [4.69, 9.17) is 16.3 Å². The maximum absolute atomic E-state index is 12.5. The molecule has 3 rings (SSSR count).